The van der Waals surface area contributed by atoms with E-state index in [9.17, 15) is 18.0 Å². The summed E-state index contributed by atoms with van der Waals surface area (Å²) in [5.74, 6) is -0.405. The summed E-state index contributed by atoms with van der Waals surface area (Å²) in [5.41, 5.74) is -0.122. The van der Waals surface area contributed by atoms with E-state index in [1.165, 1.54) is 0 Å². The number of hydrogen-bond acceptors (Lipinski definition) is 3. The fourth-order valence-electron chi connectivity index (χ4n) is 3.63. The second-order valence-electron chi connectivity index (χ2n) is 6.63. The van der Waals surface area contributed by atoms with E-state index in [4.69, 9.17) is 4.74 Å². The predicted molar refractivity (Wildman–Crippen MR) is 79.4 cm³/mol. The minimum Gasteiger partial charge on any atom is -0.378 e. The van der Waals surface area contributed by atoms with Crippen LogP contribution < -0.4 is 0 Å². The summed E-state index contributed by atoms with van der Waals surface area (Å²) in [6.45, 7) is 2.75. The van der Waals surface area contributed by atoms with E-state index in [0.29, 0.717) is 31.6 Å². The minimum atomic E-state index is -4.43. The summed E-state index contributed by atoms with van der Waals surface area (Å²) in [6, 6.07) is 3.96. The number of piperidine rings is 1. The molecule has 2 fully saturated rings. The van der Waals surface area contributed by atoms with Crippen molar-refractivity contribution < 1.29 is 22.7 Å². The largest absolute Gasteiger partial charge is 0.416 e. The summed E-state index contributed by atoms with van der Waals surface area (Å²) in [4.78, 5) is 15.0. The van der Waals surface area contributed by atoms with E-state index < -0.39 is 11.7 Å². The van der Waals surface area contributed by atoms with Crippen molar-refractivity contribution in [3.05, 3.63) is 34.9 Å². The summed E-state index contributed by atoms with van der Waals surface area (Å²) in [7, 11) is 2.02. The Kier molecular flexibility index (Phi) is 4.23. The number of nitrogens with zero attached hydrogens (tertiary/aromatic N) is 1. The van der Waals surface area contributed by atoms with E-state index in [1.807, 2.05) is 7.05 Å². The molecular weight excluding hydrogens is 307 g/mol. The molecule has 0 aliphatic carbocycles. The van der Waals surface area contributed by atoms with Gasteiger partial charge in [0.25, 0.3) is 0 Å². The zero-order valence-corrected chi connectivity index (χ0v) is 13.2. The molecule has 2 bridgehead atoms. The Balaban J connectivity index is 1.85. The van der Waals surface area contributed by atoms with Crippen LogP contribution >= 0.6 is 0 Å². The Morgan fingerprint density at radius 2 is 1.78 bits per heavy atom. The number of alkyl halides is 3. The van der Waals surface area contributed by atoms with Gasteiger partial charge in [0.2, 0.25) is 0 Å². The smallest absolute Gasteiger partial charge is 0.378 e. The van der Waals surface area contributed by atoms with Gasteiger partial charge in [0.1, 0.15) is 0 Å². The lowest BCUT2D eigenvalue weighted by atomic mass is 9.80. The number of halogens is 3. The first-order valence-corrected chi connectivity index (χ1v) is 7.78. The van der Waals surface area contributed by atoms with Gasteiger partial charge in [-0.25, -0.2) is 0 Å². The van der Waals surface area contributed by atoms with Crippen LogP contribution in [0.25, 0.3) is 0 Å². The summed E-state index contributed by atoms with van der Waals surface area (Å²) >= 11 is 0. The highest BCUT2D eigenvalue weighted by Gasteiger charge is 2.40. The molecule has 0 radical (unpaired) electrons. The molecule has 2 saturated heterocycles. The van der Waals surface area contributed by atoms with Gasteiger partial charge >= 0.3 is 6.18 Å². The number of carbonyl (C=O) groups is 1. The van der Waals surface area contributed by atoms with Gasteiger partial charge in [-0.05, 0) is 50.6 Å². The highest BCUT2D eigenvalue weighted by atomic mass is 19.4. The zero-order chi connectivity index (χ0) is 16.8. The average molecular weight is 327 g/mol. The Morgan fingerprint density at radius 3 is 2.35 bits per heavy atom. The molecule has 2 unspecified atom stereocenters. The van der Waals surface area contributed by atoms with Crippen LogP contribution in [0.5, 0.6) is 0 Å². The van der Waals surface area contributed by atoms with Gasteiger partial charge in [-0.3, -0.25) is 9.69 Å². The van der Waals surface area contributed by atoms with Gasteiger partial charge in [0, 0.05) is 23.6 Å². The number of likely N-dealkylation sites (N-methyl/N-ethyl adjacent to an activating group) is 1. The van der Waals surface area contributed by atoms with Crippen molar-refractivity contribution in [2.24, 2.45) is 5.92 Å². The second-order valence-corrected chi connectivity index (χ2v) is 6.63. The average Bonchev–Trinajstić information content (AvgIpc) is 2.44. The van der Waals surface area contributed by atoms with Crippen molar-refractivity contribution in [2.45, 2.75) is 38.0 Å². The number of aryl methyl sites for hydroxylation is 1. The number of Topliss-reactive ketones (excluding diaryl/α,β-unsaturated/α-hetero) is 1. The first kappa shape index (κ1) is 16.5. The van der Waals surface area contributed by atoms with Crippen molar-refractivity contribution in [1.82, 2.24) is 4.90 Å². The van der Waals surface area contributed by atoms with Crippen molar-refractivity contribution in [2.75, 3.05) is 20.3 Å². The number of ketones is 1. The van der Waals surface area contributed by atoms with E-state index >= 15 is 0 Å². The highest BCUT2D eigenvalue weighted by molar-refractivity contribution is 5.98. The molecule has 0 N–H and O–H groups in total. The quantitative estimate of drug-likeness (QED) is 0.781. The van der Waals surface area contributed by atoms with Gasteiger partial charge < -0.3 is 4.74 Å². The Labute approximate surface area is 133 Å². The van der Waals surface area contributed by atoms with Gasteiger partial charge in [0.15, 0.2) is 5.78 Å². The molecule has 23 heavy (non-hydrogen) atoms. The van der Waals surface area contributed by atoms with Crippen LogP contribution in [0.4, 0.5) is 13.2 Å². The second kappa shape index (κ2) is 5.91. The van der Waals surface area contributed by atoms with Crippen LogP contribution in [0.1, 0.15) is 34.3 Å². The van der Waals surface area contributed by atoms with E-state index in [0.717, 1.165) is 12.1 Å². The Morgan fingerprint density at radius 1 is 1.17 bits per heavy atom. The topological polar surface area (TPSA) is 29.5 Å². The van der Waals surface area contributed by atoms with Crippen LogP contribution in [-0.2, 0) is 10.9 Å². The fourth-order valence-corrected chi connectivity index (χ4v) is 3.63. The molecule has 2 atom stereocenters. The van der Waals surface area contributed by atoms with Gasteiger partial charge in [-0.15, -0.1) is 0 Å². The summed E-state index contributed by atoms with van der Waals surface area (Å²) < 4.78 is 44.4. The lowest BCUT2D eigenvalue weighted by Gasteiger charge is -2.46. The van der Waals surface area contributed by atoms with Crippen LogP contribution in [-0.4, -0.2) is 43.0 Å². The standard InChI is InChI=1S/C17H20F3NO2/c1-10-3-11(5-13(4-10)17(18,19)20)16(22)12-6-14-8-23-9-15(7-12)21(14)2/h3-5,12,14-15H,6-9H2,1-2H3. The molecule has 1 aromatic rings. The van der Waals surface area contributed by atoms with E-state index in [1.54, 1.807) is 13.0 Å². The van der Waals surface area contributed by atoms with Crippen molar-refractivity contribution in [3.8, 4) is 0 Å². The summed E-state index contributed by atoms with van der Waals surface area (Å²) in [6.07, 6.45) is -3.15. The van der Waals surface area contributed by atoms with Gasteiger partial charge in [-0.2, -0.15) is 13.2 Å². The molecule has 2 aliphatic rings. The first-order chi connectivity index (χ1) is 10.8. The Bertz CT molecular complexity index is 600. The predicted octanol–water partition coefficient (Wildman–Crippen LogP) is 3.31. The van der Waals surface area contributed by atoms with Crippen LogP contribution in [0.3, 0.4) is 0 Å². The maximum Gasteiger partial charge on any atom is 0.416 e. The number of carbonyl (C=O) groups excluding carboxylic acids is 1. The molecule has 126 valence electrons. The maximum absolute atomic E-state index is 13.0. The van der Waals surface area contributed by atoms with E-state index in [-0.39, 0.29) is 29.3 Å². The molecule has 3 nitrogen and oxygen atoms in total. The third-order valence-corrected chi connectivity index (χ3v) is 4.95. The normalized spacial score (nSPS) is 28.7. The first-order valence-electron chi connectivity index (χ1n) is 7.78. The number of ether oxygens (including phenoxy) is 1. The molecule has 0 aromatic heterocycles. The lowest BCUT2D eigenvalue weighted by molar-refractivity contribution is -0.137. The Hall–Kier alpha value is -1.40. The van der Waals surface area contributed by atoms with Crippen LogP contribution in [0.15, 0.2) is 18.2 Å². The molecule has 3 rings (SSSR count). The highest BCUT2D eigenvalue weighted by Crippen LogP contribution is 2.35. The molecule has 2 aliphatic heterocycles. The molecular formula is C17H20F3NO2. The third-order valence-electron chi connectivity index (χ3n) is 4.95. The number of hydrogen-bond donors (Lipinski definition) is 0. The number of benzene rings is 1. The van der Waals surface area contributed by atoms with Crippen molar-refractivity contribution in [1.29, 1.82) is 0 Å². The zero-order valence-electron chi connectivity index (χ0n) is 13.2. The van der Waals surface area contributed by atoms with Gasteiger partial charge in [-0.1, -0.05) is 0 Å². The third kappa shape index (κ3) is 3.28. The van der Waals surface area contributed by atoms with E-state index in [2.05, 4.69) is 4.90 Å². The summed E-state index contributed by atoms with van der Waals surface area (Å²) in [5, 5.41) is 0. The number of rotatable bonds is 2. The van der Waals surface area contributed by atoms with Crippen LogP contribution in [0.2, 0.25) is 0 Å². The minimum absolute atomic E-state index is 0.170. The molecule has 6 heteroatoms. The van der Waals surface area contributed by atoms with Crippen molar-refractivity contribution in [3.63, 3.8) is 0 Å². The maximum atomic E-state index is 13.0. The van der Waals surface area contributed by atoms with Gasteiger partial charge in [0.05, 0.1) is 18.8 Å². The lowest BCUT2D eigenvalue weighted by Crippen LogP contribution is -2.55. The molecule has 1 aromatic carbocycles. The molecule has 0 spiro atoms. The fraction of sp³-hybridized carbons (Fsp3) is 0.588. The SMILES string of the molecule is Cc1cc(C(=O)C2CC3COCC(C2)N3C)cc(C(F)(F)F)c1. The number of fused-ring (bicyclic) bond motifs is 2. The molecule has 2 heterocycles. The number of morpholine rings is 1. The van der Waals surface area contributed by atoms with Crippen molar-refractivity contribution >= 4 is 5.78 Å². The van der Waals surface area contributed by atoms with Crippen LogP contribution in [0, 0.1) is 12.8 Å². The molecule has 0 saturated carbocycles. The monoisotopic (exact) mass is 327 g/mol. The molecule has 0 amide bonds.